The minimum Gasteiger partial charge on any atom is -0.330 e. The molecule has 0 amide bonds. The molecule has 10 heavy (non-hydrogen) atoms. The van der Waals surface area contributed by atoms with Crippen molar-refractivity contribution >= 4 is 5.78 Å². The van der Waals surface area contributed by atoms with Crippen LogP contribution in [0.1, 0.15) is 6.92 Å². The Labute approximate surface area is 57.4 Å². The highest BCUT2D eigenvalue weighted by atomic mass is 19.3. The van der Waals surface area contributed by atoms with Gasteiger partial charge in [-0.1, -0.05) is 0 Å². The third kappa shape index (κ3) is 0.831. The number of carbonyl (C=O) groups excluding carboxylic acids is 1. The van der Waals surface area contributed by atoms with Crippen molar-refractivity contribution in [3.63, 3.8) is 0 Å². The number of halogens is 2. The fourth-order valence-corrected chi connectivity index (χ4v) is 1.24. The van der Waals surface area contributed by atoms with E-state index in [1.54, 1.807) is 0 Å². The SMILES string of the molecule is CC(=O)[C@@H]1[C@H](CN)C1(F)F. The Morgan fingerprint density at radius 1 is 1.70 bits per heavy atom. The minimum absolute atomic E-state index is 0.1000. The Kier molecular flexibility index (Phi) is 1.51. The quantitative estimate of drug-likeness (QED) is 0.618. The molecule has 1 aliphatic carbocycles. The lowest BCUT2D eigenvalue weighted by Crippen LogP contribution is -2.06. The van der Waals surface area contributed by atoms with Crippen LogP contribution in [0, 0.1) is 11.8 Å². The molecule has 0 saturated heterocycles. The number of alkyl halides is 2. The van der Waals surface area contributed by atoms with E-state index in [0.29, 0.717) is 0 Å². The molecule has 0 spiro atoms. The molecule has 0 unspecified atom stereocenters. The summed E-state index contributed by atoms with van der Waals surface area (Å²) >= 11 is 0. The molecule has 4 heteroatoms. The smallest absolute Gasteiger partial charge is 0.263 e. The highest BCUT2D eigenvalue weighted by Gasteiger charge is 2.69. The first kappa shape index (κ1) is 7.60. The normalized spacial score (nSPS) is 35.6. The van der Waals surface area contributed by atoms with Gasteiger partial charge in [-0.2, -0.15) is 0 Å². The molecule has 0 aromatic rings. The van der Waals surface area contributed by atoms with E-state index in [1.165, 1.54) is 6.92 Å². The lowest BCUT2D eigenvalue weighted by atomic mass is 10.2. The van der Waals surface area contributed by atoms with Gasteiger partial charge in [-0.15, -0.1) is 0 Å². The summed E-state index contributed by atoms with van der Waals surface area (Å²) < 4.78 is 24.8. The van der Waals surface area contributed by atoms with Gasteiger partial charge >= 0.3 is 0 Å². The number of Topliss-reactive ketones (excluding diaryl/α,β-unsaturated/α-hetero) is 1. The number of hydrogen-bond acceptors (Lipinski definition) is 2. The average molecular weight is 149 g/mol. The molecule has 0 bridgehead atoms. The molecule has 1 rings (SSSR count). The van der Waals surface area contributed by atoms with Gasteiger partial charge in [0.25, 0.3) is 5.92 Å². The summed E-state index contributed by atoms with van der Waals surface area (Å²) in [5.41, 5.74) is 5.01. The third-order valence-electron chi connectivity index (χ3n) is 1.89. The van der Waals surface area contributed by atoms with E-state index in [1.807, 2.05) is 0 Å². The zero-order chi connectivity index (χ0) is 7.94. The van der Waals surface area contributed by atoms with Crippen molar-refractivity contribution in [2.75, 3.05) is 6.54 Å². The van der Waals surface area contributed by atoms with Crippen molar-refractivity contribution in [2.45, 2.75) is 12.8 Å². The van der Waals surface area contributed by atoms with Crippen molar-refractivity contribution < 1.29 is 13.6 Å². The Bertz CT molecular complexity index is 169. The van der Waals surface area contributed by atoms with Gasteiger partial charge in [-0.05, 0) is 6.92 Å². The number of nitrogens with two attached hydrogens (primary N) is 1. The summed E-state index contributed by atoms with van der Waals surface area (Å²) in [6.07, 6.45) is 0. The molecular formula is C6H9F2NO. The van der Waals surface area contributed by atoms with Crippen LogP contribution in [0.3, 0.4) is 0 Å². The molecule has 0 radical (unpaired) electrons. The Hall–Kier alpha value is -0.510. The number of carbonyl (C=O) groups is 1. The molecule has 0 aromatic heterocycles. The summed E-state index contributed by atoms with van der Waals surface area (Å²) in [6, 6.07) is 0. The summed E-state index contributed by atoms with van der Waals surface area (Å²) in [4.78, 5) is 10.5. The first-order chi connectivity index (χ1) is 4.51. The Balaban J connectivity index is 2.61. The van der Waals surface area contributed by atoms with Crippen molar-refractivity contribution in [1.29, 1.82) is 0 Å². The van der Waals surface area contributed by atoms with Crippen molar-refractivity contribution in [1.82, 2.24) is 0 Å². The highest BCUT2D eigenvalue weighted by Crippen LogP contribution is 2.54. The second kappa shape index (κ2) is 1.99. The van der Waals surface area contributed by atoms with Gasteiger partial charge in [0.1, 0.15) is 5.78 Å². The molecule has 2 atom stereocenters. The van der Waals surface area contributed by atoms with Crippen LogP contribution >= 0.6 is 0 Å². The van der Waals surface area contributed by atoms with Crippen LogP contribution in [0.5, 0.6) is 0 Å². The second-order valence-electron chi connectivity index (χ2n) is 2.61. The molecular weight excluding hydrogens is 140 g/mol. The molecule has 58 valence electrons. The maximum Gasteiger partial charge on any atom is 0.263 e. The predicted molar refractivity (Wildman–Crippen MR) is 31.7 cm³/mol. The van der Waals surface area contributed by atoms with E-state index in [9.17, 15) is 13.6 Å². The van der Waals surface area contributed by atoms with Gasteiger partial charge < -0.3 is 5.73 Å². The summed E-state index contributed by atoms with van der Waals surface area (Å²) in [6.45, 7) is 1.07. The van der Waals surface area contributed by atoms with Gasteiger partial charge in [0, 0.05) is 6.54 Å². The third-order valence-corrected chi connectivity index (χ3v) is 1.89. The van der Waals surface area contributed by atoms with E-state index < -0.39 is 23.5 Å². The molecule has 2 N–H and O–H groups in total. The largest absolute Gasteiger partial charge is 0.330 e. The van der Waals surface area contributed by atoms with Crippen LogP contribution in [0.25, 0.3) is 0 Å². The second-order valence-corrected chi connectivity index (χ2v) is 2.61. The molecule has 0 heterocycles. The van der Waals surface area contributed by atoms with Crippen LogP contribution in [0.15, 0.2) is 0 Å². The first-order valence-corrected chi connectivity index (χ1v) is 3.10. The van der Waals surface area contributed by atoms with Crippen molar-refractivity contribution in [3.05, 3.63) is 0 Å². The van der Waals surface area contributed by atoms with Crippen molar-refractivity contribution in [2.24, 2.45) is 17.6 Å². The molecule has 0 aliphatic heterocycles. The first-order valence-electron chi connectivity index (χ1n) is 3.10. The van der Waals surface area contributed by atoms with Crippen LogP contribution < -0.4 is 5.73 Å². The van der Waals surface area contributed by atoms with Crippen LogP contribution in [-0.4, -0.2) is 18.3 Å². The maximum atomic E-state index is 12.4. The fraction of sp³-hybridized carbons (Fsp3) is 0.833. The van der Waals surface area contributed by atoms with E-state index >= 15 is 0 Å². The molecule has 0 aromatic carbocycles. The maximum absolute atomic E-state index is 12.4. The van der Waals surface area contributed by atoms with E-state index in [4.69, 9.17) is 5.73 Å². The Morgan fingerprint density at radius 3 is 2.30 bits per heavy atom. The van der Waals surface area contributed by atoms with E-state index in [-0.39, 0.29) is 6.54 Å². The minimum atomic E-state index is -2.82. The predicted octanol–water partition coefficient (Wildman–Crippen LogP) is 0.415. The lowest BCUT2D eigenvalue weighted by molar-refractivity contribution is -0.120. The average Bonchev–Trinajstić information content (AvgIpc) is 2.33. The zero-order valence-electron chi connectivity index (χ0n) is 5.60. The van der Waals surface area contributed by atoms with E-state index in [2.05, 4.69) is 0 Å². The molecule has 1 fully saturated rings. The van der Waals surface area contributed by atoms with Crippen LogP contribution in [-0.2, 0) is 4.79 Å². The van der Waals surface area contributed by atoms with Gasteiger partial charge in [0.05, 0.1) is 11.8 Å². The highest BCUT2D eigenvalue weighted by molar-refractivity contribution is 5.83. The van der Waals surface area contributed by atoms with Gasteiger partial charge in [-0.25, -0.2) is 8.78 Å². The number of ketones is 1. The van der Waals surface area contributed by atoms with Gasteiger partial charge in [0.15, 0.2) is 0 Å². The number of hydrogen-bond donors (Lipinski definition) is 1. The van der Waals surface area contributed by atoms with Crippen LogP contribution in [0.4, 0.5) is 8.78 Å². The molecule has 1 saturated carbocycles. The number of rotatable bonds is 2. The van der Waals surface area contributed by atoms with Gasteiger partial charge in [0.2, 0.25) is 0 Å². The standard InChI is InChI=1S/C6H9F2NO/c1-3(10)5-4(2-9)6(5,7)8/h4-5H,2,9H2,1H3/t4-,5+/m0/s1. The van der Waals surface area contributed by atoms with Crippen molar-refractivity contribution in [3.8, 4) is 0 Å². The van der Waals surface area contributed by atoms with E-state index in [0.717, 1.165) is 0 Å². The molecule has 1 aliphatic rings. The zero-order valence-corrected chi connectivity index (χ0v) is 5.60. The fourth-order valence-electron chi connectivity index (χ4n) is 1.24. The topological polar surface area (TPSA) is 43.1 Å². The Morgan fingerprint density at radius 2 is 2.20 bits per heavy atom. The lowest BCUT2D eigenvalue weighted by Gasteiger charge is -1.88. The molecule has 2 nitrogen and oxygen atoms in total. The summed E-state index contributed by atoms with van der Waals surface area (Å²) in [7, 11) is 0. The summed E-state index contributed by atoms with van der Waals surface area (Å²) in [5.74, 6) is -5.27. The summed E-state index contributed by atoms with van der Waals surface area (Å²) in [5, 5.41) is 0. The monoisotopic (exact) mass is 149 g/mol. The van der Waals surface area contributed by atoms with Crippen LogP contribution in [0.2, 0.25) is 0 Å². The van der Waals surface area contributed by atoms with Gasteiger partial charge in [-0.3, -0.25) is 4.79 Å².